The van der Waals surface area contributed by atoms with Gasteiger partial charge in [-0.3, -0.25) is 9.62 Å². The lowest BCUT2D eigenvalue weighted by Gasteiger charge is -2.33. The van der Waals surface area contributed by atoms with Crippen molar-refractivity contribution in [2.45, 2.75) is 32.1 Å². The number of benzene rings is 2. The van der Waals surface area contributed by atoms with Crippen LogP contribution in [0.25, 0.3) is 0 Å². The molecule has 1 atom stereocenters. The highest BCUT2D eigenvalue weighted by Gasteiger charge is 2.33. The van der Waals surface area contributed by atoms with Crippen LogP contribution in [-0.4, -0.2) is 32.8 Å². The molecule has 7 nitrogen and oxygen atoms in total. The second kappa shape index (κ2) is 8.94. The van der Waals surface area contributed by atoms with E-state index >= 15 is 0 Å². The van der Waals surface area contributed by atoms with E-state index in [1.165, 1.54) is 23.1 Å². The second-order valence-electron chi connectivity index (χ2n) is 7.20. The third-order valence-electron chi connectivity index (χ3n) is 4.92. The van der Waals surface area contributed by atoms with Gasteiger partial charge in [-0.05, 0) is 31.5 Å². The van der Waals surface area contributed by atoms with E-state index < -0.39 is 69.0 Å². The van der Waals surface area contributed by atoms with Crippen molar-refractivity contribution in [1.82, 2.24) is 0 Å². The Morgan fingerprint density at radius 3 is 2.31 bits per heavy atom. The topological polar surface area (TPSA) is 95.9 Å². The molecule has 0 aromatic heterocycles. The van der Waals surface area contributed by atoms with Gasteiger partial charge in [0.2, 0.25) is 10.0 Å². The Hall–Kier alpha value is -2.86. The number of hydrogen-bond donors (Lipinski definition) is 2. The van der Waals surface area contributed by atoms with E-state index in [-0.39, 0.29) is 5.69 Å². The number of cyclic esters (lactones) is 1. The van der Waals surface area contributed by atoms with Crippen molar-refractivity contribution in [1.29, 1.82) is 0 Å². The molecule has 32 heavy (non-hydrogen) atoms. The first-order valence-electron chi connectivity index (χ1n) is 9.55. The summed E-state index contributed by atoms with van der Waals surface area (Å²) < 4.78 is 87.9. The molecule has 0 saturated carbocycles. The maximum Gasteiger partial charge on any atom is 0.414 e. The summed E-state index contributed by atoms with van der Waals surface area (Å²) in [4.78, 5) is 13.4. The van der Waals surface area contributed by atoms with Crippen LogP contribution in [0.5, 0.6) is 0 Å². The number of aliphatic hydroxyl groups is 1. The molecule has 0 fully saturated rings. The third-order valence-corrected chi connectivity index (χ3v) is 6.14. The normalized spacial score (nSPS) is 16.0. The van der Waals surface area contributed by atoms with Gasteiger partial charge in [0.15, 0.2) is 29.4 Å². The molecular weight excluding hydrogens is 456 g/mol. The van der Waals surface area contributed by atoms with Gasteiger partial charge < -0.3 is 9.84 Å². The van der Waals surface area contributed by atoms with Crippen LogP contribution in [0.1, 0.15) is 36.1 Å². The Labute approximate surface area is 181 Å². The number of nitrogens with zero attached hydrogens (tertiary/aromatic N) is 1. The summed E-state index contributed by atoms with van der Waals surface area (Å²) in [6, 6.07) is 4.03. The lowest BCUT2D eigenvalue weighted by atomic mass is 10.0. The molecule has 2 aromatic rings. The molecule has 1 unspecified atom stereocenters. The van der Waals surface area contributed by atoms with Crippen molar-refractivity contribution in [3.63, 3.8) is 0 Å². The zero-order valence-corrected chi connectivity index (χ0v) is 17.9. The van der Waals surface area contributed by atoms with Crippen LogP contribution < -0.4 is 9.62 Å². The van der Waals surface area contributed by atoms with Crippen molar-refractivity contribution in [2.75, 3.05) is 22.8 Å². The van der Waals surface area contributed by atoms with E-state index in [1.807, 2.05) is 6.92 Å². The molecule has 3 rings (SSSR count). The van der Waals surface area contributed by atoms with Crippen LogP contribution in [-0.2, 0) is 20.5 Å². The lowest BCUT2D eigenvalue weighted by Crippen LogP contribution is -2.39. The van der Waals surface area contributed by atoms with Gasteiger partial charge in [-0.1, -0.05) is 6.92 Å². The quantitative estimate of drug-likeness (QED) is 0.467. The molecular formula is C20H20F4N2O5S. The summed E-state index contributed by atoms with van der Waals surface area (Å²) in [6.45, 7) is 2.42. The monoisotopic (exact) mass is 476 g/mol. The number of amides is 1. The maximum absolute atomic E-state index is 14.1. The summed E-state index contributed by atoms with van der Waals surface area (Å²) in [7, 11) is -4.51. The smallest absolute Gasteiger partial charge is 0.414 e. The van der Waals surface area contributed by atoms with Gasteiger partial charge in [-0.2, -0.15) is 0 Å². The first-order chi connectivity index (χ1) is 15.0. The first kappa shape index (κ1) is 23.8. The van der Waals surface area contributed by atoms with E-state index in [4.69, 9.17) is 4.74 Å². The van der Waals surface area contributed by atoms with Crippen molar-refractivity contribution in [3.8, 4) is 0 Å². The number of carbonyl (C=O) groups is 1. The number of nitrogens with one attached hydrogen (secondary N) is 1. The molecule has 2 N–H and O–H groups in total. The number of sulfonamides is 1. The first-order valence-corrected chi connectivity index (χ1v) is 11.2. The van der Waals surface area contributed by atoms with Gasteiger partial charge >= 0.3 is 6.09 Å². The fourth-order valence-corrected chi connectivity index (χ4v) is 4.55. The van der Waals surface area contributed by atoms with Gasteiger partial charge in [0.1, 0.15) is 5.75 Å². The molecule has 2 aromatic carbocycles. The second-order valence-corrected chi connectivity index (χ2v) is 8.92. The molecule has 0 saturated heterocycles. The highest BCUT2D eigenvalue weighted by atomic mass is 32.2. The Balaban J connectivity index is 1.94. The average Bonchev–Trinajstić information content (AvgIpc) is 2.75. The molecule has 1 amide bonds. The minimum absolute atomic E-state index is 0.0644. The summed E-state index contributed by atoms with van der Waals surface area (Å²) >= 11 is 0. The number of rotatable bonds is 7. The van der Waals surface area contributed by atoms with Crippen LogP contribution in [0.3, 0.4) is 0 Å². The van der Waals surface area contributed by atoms with Crippen LogP contribution in [0.2, 0.25) is 0 Å². The number of carbonyl (C=O) groups excluding carboxylic acids is 1. The Bertz CT molecular complexity index is 1140. The summed E-state index contributed by atoms with van der Waals surface area (Å²) in [5, 5.41) is 9.54. The third kappa shape index (κ3) is 4.37. The summed E-state index contributed by atoms with van der Waals surface area (Å²) in [5.74, 6) is -8.30. The van der Waals surface area contributed by atoms with Crippen LogP contribution in [0.15, 0.2) is 18.2 Å². The lowest BCUT2D eigenvalue weighted by molar-refractivity contribution is 0.0564. The fraction of sp³-hybridized carbons (Fsp3) is 0.350. The van der Waals surface area contributed by atoms with Crippen LogP contribution >= 0.6 is 0 Å². The van der Waals surface area contributed by atoms with Crippen molar-refractivity contribution < 1.29 is 40.6 Å². The molecule has 1 heterocycles. The molecule has 12 heteroatoms. The molecule has 1 aliphatic rings. The van der Waals surface area contributed by atoms with Crippen LogP contribution in [0.4, 0.5) is 33.7 Å². The van der Waals surface area contributed by atoms with Gasteiger partial charge in [0.05, 0.1) is 12.3 Å². The molecule has 0 bridgehead atoms. The Kier molecular flexibility index (Phi) is 6.65. The minimum atomic E-state index is -4.51. The number of fused-ring (bicyclic) bond motifs is 1. The Morgan fingerprint density at radius 1 is 1.12 bits per heavy atom. The van der Waals surface area contributed by atoms with Gasteiger partial charge in [0.25, 0.3) is 0 Å². The predicted molar refractivity (Wildman–Crippen MR) is 108 cm³/mol. The van der Waals surface area contributed by atoms with E-state index in [0.717, 1.165) is 6.92 Å². The molecule has 0 aliphatic carbocycles. The van der Waals surface area contributed by atoms with E-state index in [2.05, 4.69) is 4.72 Å². The van der Waals surface area contributed by atoms with E-state index in [9.17, 15) is 35.9 Å². The Morgan fingerprint density at radius 2 is 1.75 bits per heavy atom. The highest BCUT2D eigenvalue weighted by molar-refractivity contribution is 7.91. The molecule has 174 valence electrons. The average molecular weight is 476 g/mol. The van der Waals surface area contributed by atoms with Crippen LogP contribution in [0, 0.1) is 30.2 Å². The number of hydrogen-bond acceptors (Lipinski definition) is 5. The summed E-state index contributed by atoms with van der Waals surface area (Å²) in [6.07, 6.45) is -1.11. The van der Waals surface area contributed by atoms with Gasteiger partial charge in [-0.25, -0.2) is 30.8 Å². The SMILES string of the molecule is CCCN1C(=O)OC(CO)c2cc(NS(=O)(=O)Cc3c(F)c(F)c(C)c(F)c3F)ccc21. The van der Waals surface area contributed by atoms with E-state index in [1.54, 1.807) is 0 Å². The number of aliphatic hydroxyl groups excluding tert-OH is 1. The van der Waals surface area contributed by atoms with Gasteiger partial charge in [0, 0.05) is 28.9 Å². The van der Waals surface area contributed by atoms with E-state index in [0.29, 0.717) is 24.2 Å². The predicted octanol–water partition coefficient (Wildman–Crippen LogP) is 3.89. The standard InChI is InChI=1S/C20H20F4N2O5S/c1-3-6-26-14-5-4-11(7-12(14)15(8-27)31-20(26)28)25-32(29,30)9-13-18(23)16(21)10(2)17(22)19(13)24/h4-5,7,15,25,27H,3,6,8-9H2,1-2H3. The largest absolute Gasteiger partial charge is 0.438 e. The minimum Gasteiger partial charge on any atom is -0.438 e. The highest BCUT2D eigenvalue weighted by Crippen LogP contribution is 2.37. The number of anilines is 2. The van der Waals surface area contributed by atoms with Crippen molar-refractivity contribution in [3.05, 3.63) is 58.2 Å². The maximum atomic E-state index is 14.1. The number of ether oxygens (including phenoxy) is 1. The molecule has 0 radical (unpaired) electrons. The fourth-order valence-electron chi connectivity index (χ4n) is 3.36. The molecule has 1 aliphatic heterocycles. The summed E-state index contributed by atoms with van der Waals surface area (Å²) in [5.41, 5.74) is -1.52. The zero-order valence-electron chi connectivity index (χ0n) is 17.1. The van der Waals surface area contributed by atoms with Gasteiger partial charge in [-0.15, -0.1) is 0 Å². The van der Waals surface area contributed by atoms with Crippen molar-refractivity contribution >= 4 is 27.5 Å². The number of halogens is 4. The zero-order chi connectivity index (χ0) is 23.8. The van der Waals surface area contributed by atoms with Crippen molar-refractivity contribution in [2.24, 2.45) is 0 Å². The molecule has 0 spiro atoms.